The molecular weight excluding hydrogens is 338 g/mol. The monoisotopic (exact) mass is 363 g/mol. The normalized spacial score (nSPS) is 17.9. The molecule has 136 valence electrons. The zero-order chi connectivity index (χ0) is 18.7. The number of hydrogen-bond acceptors (Lipinski definition) is 3. The van der Waals surface area contributed by atoms with Crippen molar-refractivity contribution < 1.29 is 15.0 Å². The fourth-order valence-corrected chi connectivity index (χ4v) is 4.24. The standard InChI is InChI=1S/C20H26ClNO3/c1-19(2,13-22)16-8-7-14(11-17(16)21)9-10-20(25,12-18(23)24)15-5-3-4-6-15/h7-8,11,15,25H,3-6,9-10,12H2,1-2H3,(H,23,24)/t20-/m0/s1. The van der Waals surface area contributed by atoms with Gasteiger partial charge in [-0.25, -0.2) is 0 Å². The molecule has 0 spiro atoms. The smallest absolute Gasteiger partial charge is 0.306 e. The predicted octanol–water partition coefficient (Wildman–Crippen LogP) is 4.47. The molecule has 1 aliphatic rings. The van der Waals surface area contributed by atoms with Gasteiger partial charge < -0.3 is 10.2 Å². The Bertz CT molecular complexity index is 674. The average molecular weight is 364 g/mol. The third-order valence-corrected chi connectivity index (χ3v) is 5.72. The van der Waals surface area contributed by atoms with Crippen molar-refractivity contribution in [2.75, 3.05) is 0 Å². The molecule has 4 nitrogen and oxygen atoms in total. The Hall–Kier alpha value is -1.57. The topological polar surface area (TPSA) is 81.3 Å². The molecule has 0 saturated heterocycles. The minimum atomic E-state index is -1.17. The maximum absolute atomic E-state index is 11.2. The molecule has 0 unspecified atom stereocenters. The lowest BCUT2D eigenvalue weighted by Gasteiger charge is -2.33. The van der Waals surface area contributed by atoms with Crippen LogP contribution in [0.25, 0.3) is 0 Å². The van der Waals surface area contributed by atoms with Crippen molar-refractivity contribution in [3.8, 4) is 6.07 Å². The fourth-order valence-electron chi connectivity index (χ4n) is 3.80. The van der Waals surface area contributed by atoms with Gasteiger partial charge in [0.1, 0.15) is 0 Å². The third kappa shape index (κ3) is 4.74. The van der Waals surface area contributed by atoms with Crippen LogP contribution in [0.3, 0.4) is 0 Å². The van der Waals surface area contributed by atoms with Crippen LogP contribution in [-0.4, -0.2) is 21.8 Å². The number of rotatable bonds is 7. The maximum atomic E-state index is 11.2. The SMILES string of the molecule is CC(C)(C#N)c1ccc(CC[C@](O)(CC(=O)O)C2CCCC2)cc1Cl. The molecule has 5 heteroatoms. The number of aryl methyl sites for hydroxylation is 1. The van der Waals surface area contributed by atoms with Gasteiger partial charge in [-0.3, -0.25) is 4.79 Å². The molecular formula is C20H26ClNO3. The largest absolute Gasteiger partial charge is 0.481 e. The number of nitriles is 1. The number of halogens is 1. The van der Waals surface area contributed by atoms with E-state index in [2.05, 4.69) is 6.07 Å². The molecule has 0 bridgehead atoms. The highest BCUT2D eigenvalue weighted by molar-refractivity contribution is 6.31. The predicted molar refractivity (Wildman–Crippen MR) is 97.6 cm³/mol. The highest BCUT2D eigenvalue weighted by Crippen LogP contribution is 2.39. The van der Waals surface area contributed by atoms with Gasteiger partial charge in [-0.15, -0.1) is 0 Å². The third-order valence-electron chi connectivity index (χ3n) is 5.41. The van der Waals surface area contributed by atoms with Crippen LogP contribution < -0.4 is 0 Å². The second-order valence-corrected chi connectivity index (χ2v) is 8.11. The van der Waals surface area contributed by atoms with Crippen molar-refractivity contribution in [2.24, 2.45) is 5.92 Å². The Kier molecular flexibility index (Phi) is 6.13. The second-order valence-electron chi connectivity index (χ2n) is 7.71. The molecule has 1 fully saturated rings. The molecule has 2 N–H and O–H groups in total. The minimum Gasteiger partial charge on any atom is -0.481 e. The molecule has 0 amide bonds. The number of aliphatic hydroxyl groups is 1. The molecule has 1 aromatic rings. The Labute approximate surface area is 154 Å². The van der Waals surface area contributed by atoms with E-state index in [1.807, 2.05) is 32.0 Å². The summed E-state index contributed by atoms with van der Waals surface area (Å²) in [4.78, 5) is 11.2. The van der Waals surface area contributed by atoms with Gasteiger partial charge in [0.05, 0.1) is 23.5 Å². The molecule has 0 heterocycles. The highest BCUT2D eigenvalue weighted by atomic mass is 35.5. The van der Waals surface area contributed by atoms with Crippen molar-refractivity contribution in [1.82, 2.24) is 0 Å². The highest BCUT2D eigenvalue weighted by Gasteiger charge is 2.39. The summed E-state index contributed by atoms with van der Waals surface area (Å²) < 4.78 is 0. The first-order chi connectivity index (χ1) is 11.7. The van der Waals surface area contributed by atoms with Gasteiger partial charge in [0.25, 0.3) is 0 Å². The summed E-state index contributed by atoms with van der Waals surface area (Å²) in [5.74, 6) is -0.908. The summed E-state index contributed by atoms with van der Waals surface area (Å²) in [6.07, 6.45) is 4.63. The first-order valence-corrected chi connectivity index (χ1v) is 9.20. The fraction of sp³-hybridized carbons (Fsp3) is 0.600. The lowest BCUT2D eigenvalue weighted by atomic mass is 9.78. The van der Waals surface area contributed by atoms with Gasteiger partial charge in [0.15, 0.2) is 0 Å². The summed E-state index contributed by atoms with van der Waals surface area (Å²) in [6, 6.07) is 7.84. The van der Waals surface area contributed by atoms with E-state index in [1.165, 1.54) is 0 Å². The van der Waals surface area contributed by atoms with Gasteiger partial charge in [-0.1, -0.05) is 36.6 Å². The molecule has 0 radical (unpaired) electrons. The summed E-state index contributed by atoms with van der Waals surface area (Å²) in [6.45, 7) is 3.64. The molecule has 1 atom stereocenters. The summed E-state index contributed by atoms with van der Waals surface area (Å²) in [5, 5.41) is 30.0. The van der Waals surface area contributed by atoms with Crippen LogP contribution in [-0.2, 0) is 16.6 Å². The Morgan fingerprint density at radius 3 is 2.52 bits per heavy atom. The van der Waals surface area contributed by atoms with E-state index >= 15 is 0 Å². The molecule has 0 aromatic heterocycles. The number of hydrogen-bond donors (Lipinski definition) is 2. The summed E-state index contributed by atoms with van der Waals surface area (Å²) in [5.41, 5.74) is -0.107. The lowest BCUT2D eigenvalue weighted by molar-refractivity contribution is -0.145. The van der Waals surface area contributed by atoms with E-state index in [4.69, 9.17) is 11.6 Å². The van der Waals surface area contributed by atoms with E-state index in [9.17, 15) is 20.3 Å². The molecule has 2 rings (SSSR count). The van der Waals surface area contributed by atoms with Crippen molar-refractivity contribution in [3.63, 3.8) is 0 Å². The van der Waals surface area contributed by atoms with E-state index in [1.54, 1.807) is 0 Å². The summed E-state index contributed by atoms with van der Waals surface area (Å²) in [7, 11) is 0. The van der Waals surface area contributed by atoms with Crippen molar-refractivity contribution >= 4 is 17.6 Å². The molecule has 1 aliphatic carbocycles. The summed E-state index contributed by atoms with van der Waals surface area (Å²) >= 11 is 6.35. The Morgan fingerprint density at radius 1 is 1.36 bits per heavy atom. The van der Waals surface area contributed by atoms with Crippen molar-refractivity contribution in [3.05, 3.63) is 34.3 Å². The average Bonchev–Trinajstić information content (AvgIpc) is 3.07. The van der Waals surface area contributed by atoms with Gasteiger partial charge in [-0.2, -0.15) is 5.26 Å². The number of carboxylic acids is 1. The number of carbonyl (C=O) groups is 1. The quantitative estimate of drug-likeness (QED) is 0.748. The van der Waals surface area contributed by atoms with Crippen LogP contribution in [0, 0.1) is 17.2 Å². The van der Waals surface area contributed by atoms with Gasteiger partial charge in [0.2, 0.25) is 0 Å². The first kappa shape index (κ1) is 19.8. The van der Waals surface area contributed by atoms with Crippen LogP contribution in [0.2, 0.25) is 5.02 Å². The van der Waals surface area contributed by atoms with E-state index in [0.29, 0.717) is 17.9 Å². The molecule has 1 aromatic carbocycles. The van der Waals surface area contributed by atoms with Crippen LogP contribution in [0.1, 0.15) is 63.5 Å². The molecule has 25 heavy (non-hydrogen) atoms. The Morgan fingerprint density at radius 2 is 2.00 bits per heavy atom. The van der Waals surface area contributed by atoms with Crippen molar-refractivity contribution in [2.45, 2.75) is 69.8 Å². The maximum Gasteiger partial charge on any atom is 0.306 e. The number of nitrogens with zero attached hydrogens (tertiary/aromatic N) is 1. The zero-order valence-corrected chi connectivity index (χ0v) is 15.6. The van der Waals surface area contributed by atoms with E-state index < -0.39 is 17.0 Å². The number of aliphatic carboxylic acids is 1. The van der Waals surface area contributed by atoms with Crippen LogP contribution in [0.5, 0.6) is 0 Å². The van der Waals surface area contributed by atoms with Gasteiger partial charge >= 0.3 is 5.97 Å². The van der Waals surface area contributed by atoms with Crippen LogP contribution in [0.4, 0.5) is 0 Å². The molecule has 1 saturated carbocycles. The van der Waals surface area contributed by atoms with Gasteiger partial charge in [0, 0.05) is 5.02 Å². The van der Waals surface area contributed by atoms with Crippen LogP contribution >= 0.6 is 11.6 Å². The second kappa shape index (κ2) is 7.76. The van der Waals surface area contributed by atoms with E-state index in [-0.39, 0.29) is 12.3 Å². The van der Waals surface area contributed by atoms with Gasteiger partial charge in [-0.05, 0) is 62.6 Å². The number of benzene rings is 1. The first-order valence-electron chi connectivity index (χ1n) is 8.82. The zero-order valence-electron chi connectivity index (χ0n) is 14.9. The number of carboxylic acid groups (broad SMARTS) is 1. The minimum absolute atomic E-state index is 0.0517. The molecule has 0 aliphatic heterocycles. The van der Waals surface area contributed by atoms with E-state index in [0.717, 1.165) is 36.8 Å². The van der Waals surface area contributed by atoms with Crippen LogP contribution in [0.15, 0.2) is 18.2 Å². The van der Waals surface area contributed by atoms with Crippen molar-refractivity contribution in [1.29, 1.82) is 5.26 Å². The Balaban J connectivity index is 2.14. The lowest BCUT2D eigenvalue weighted by Crippen LogP contribution is -2.39.